The summed E-state index contributed by atoms with van der Waals surface area (Å²) >= 11 is 0. The van der Waals surface area contributed by atoms with Crippen LogP contribution in [0, 0.1) is 0 Å². The Labute approximate surface area is 319 Å². The van der Waals surface area contributed by atoms with Crippen LogP contribution >= 0.6 is 15.5 Å². The first kappa shape index (κ1) is 33.8. The molecule has 0 aliphatic carbocycles. The summed E-state index contributed by atoms with van der Waals surface area (Å²) < 4.78 is 0. The number of nitrogens with one attached hydrogen (secondary N) is 2. The van der Waals surface area contributed by atoms with Crippen LogP contribution < -0.4 is 36.7 Å². The van der Waals surface area contributed by atoms with Gasteiger partial charge in [-0.15, -0.1) is 0 Å². The fraction of sp³-hybridized carbons (Fsp3) is 0. The van der Waals surface area contributed by atoms with Crippen molar-refractivity contribution in [1.29, 1.82) is 0 Å². The van der Waals surface area contributed by atoms with Crippen molar-refractivity contribution in [2.45, 2.75) is 0 Å². The van der Waals surface area contributed by atoms with Crippen LogP contribution in [0.1, 0.15) is 0 Å². The normalized spacial score (nSPS) is 11.5. The summed E-state index contributed by atoms with van der Waals surface area (Å²) in [4.78, 5) is 0. The van der Waals surface area contributed by atoms with Gasteiger partial charge in [0.2, 0.25) is 0 Å². The van der Waals surface area contributed by atoms with Gasteiger partial charge in [-0.05, 0) is 70.1 Å². The highest BCUT2D eigenvalue weighted by Crippen LogP contribution is 2.57. The molecule has 0 saturated carbocycles. The van der Waals surface area contributed by atoms with Crippen LogP contribution in [-0.2, 0) is 0 Å². The van der Waals surface area contributed by atoms with Crippen LogP contribution in [0.3, 0.4) is 0 Å². The third kappa shape index (κ3) is 6.35. The number of anilines is 2. The van der Waals surface area contributed by atoms with Crippen LogP contribution in [0.2, 0.25) is 0 Å². The second-order valence-corrected chi connectivity index (χ2v) is 18.4. The van der Waals surface area contributed by atoms with Crippen LogP contribution in [-0.4, -0.2) is 0 Å². The Morgan fingerprint density at radius 2 is 0.667 bits per heavy atom. The molecule has 2 N–H and O–H groups in total. The van der Waals surface area contributed by atoms with Gasteiger partial charge in [0.1, 0.15) is 15.9 Å². The Morgan fingerprint density at radius 1 is 0.315 bits per heavy atom. The highest BCUT2D eigenvalue weighted by molar-refractivity contribution is 7.96. The van der Waals surface area contributed by atoms with Crippen molar-refractivity contribution in [1.82, 2.24) is 0 Å². The van der Waals surface area contributed by atoms with Gasteiger partial charge in [-0.3, -0.25) is 0 Å². The summed E-state index contributed by atoms with van der Waals surface area (Å²) in [5, 5.41) is 19.8. The monoisotopic (exact) mass is 729 g/mol. The second kappa shape index (κ2) is 15.1. The van der Waals surface area contributed by atoms with Crippen molar-refractivity contribution in [2.75, 3.05) is 10.2 Å². The summed E-state index contributed by atoms with van der Waals surface area (Å²) in [7, 11) is -3.41. The smallest absolute Gasteiger partial charge is 0.199 e. The lowest BCUT2D eigenvalue weighted by Gasteiger charge is -2.30. The lowest BCUT2D eigenvalue weighted by molar-refractivity contribution is 1.63. The van der Waals surface area contributed by atoms with Gasteiger partial charge in [0.15, 0.2) is 7.41 Å². The van der Waals surface area contributed by atoms with Crippen LogP contribution in [0.5, 0.6) is 0 Å². The fourth-order valence-electron chi connectivity index (χ4n) is 7.60. The first-order valence-corrected chi connectivity index (χ1v) is 21.5. The largest absolute Gasteiger partial charge is 0.356 e. The highest BCUT2D eigenvalue weighted by atomic mass is 31.2. The number of fused-ring (bicyclic) bond motifs is 2. The molecule has 9 rings (SSSR count). The molecular weight excluding hydrogens is 691 g/mol. The van der Waals surface area contributed by atoms with Crippen molar-refractivity contribution in [3.8, 4) is 11.1 Å². The van der Waals surface area contributed by atoms with Crippen LogP contribution in [0.15, 0.2) is 224 Å². The molecule has 0 amide bonds. The van der Waals surface area contributed by atoms with Crippen molar-refractivity contribution < 1.29 is 0 Å². The van der Waals surface area contributed by atoms with Gasteiger partial charge in [-0.2, -0.15) is 0 Å². The summed E-state index contributed by atoms with van der Waals surface area (Å²) in [5.74, 6) is 0. The third-order valence-corrected chi connectivity index (χ3v) is 16.0. The number of hydrogen-bond acceptors (Lipinski definition) is 2. The summed E-state index contributed by atoms with van der Waals surface area (Å²) in [6.07, 6.45) is 0. The molecule has 0 bridgehead atoms. The minimum absolute atomic E-state index is 0.941. The summed E-state index contributed by atoms with van der Waals surface area (Å²) in [6, 6.07) is 81.6. The van der Waals surface area contributed by atoms with Gasteiger partial charge in [0, 0.05) is 27.4 Å². The lowest BCUT2D eigenvalue weighted by atomic mass is 9.91. The Morgan fingerprint density at radius 3 is 1.11 bits per heavy atom. The molecule has 0 radical (unpaired) electrons. The molecule has 0 aliphatic heterocycles. The molecule has 0 heterocycles. The van der Waals surface area contributed by atoms with E-state index >= 15 is 0 Å². The van der Waals surface area contributed by atoms with E-state index in [1.54, 1.807) is 0 Å². The molecular formula is C50H39N2P2+. The van der Waals surface area contributed by atoms with E-state index in [1.807, 2.05) is 0 Å². The van der Waals surface area contributed by atoms with Gasteiger partial charge in [-0.25, -0.2) is 5.09 Å². The standard InChI is InChI=1S/C50H39N2P2/c1-6-22-40(23-7-1)53(41-24-8-2-9-25-41)51-47-36-34-38-20-16-18-32-45(38)49(47)50-46-33-19-17-21-39(46)35-37-48(50)52-54(42-26-10-3-11-27-42,43-28-12-4-13-29-43)44-30-14-5-15-31-44/h1-37,51-52H/q+1. The van der Waals surface area contributed by atoms with Crippen molar-refractivity contribution in [3.63, 3.8) is 0 Å². The molecule has 0 atom stereocenters. The van der Waals surface area contributed by atoms with Gasteiger partial charge in [0.05, 0.1) is 13.8 Å². The first-order chi connectivity index (χ1) is 26.8. The Hall–Kier alpha value is -6.04. The maximum absolute atomic E-state index is 4.40. The zero-order valence-corrected chi connectivity index (χ0v) is 31.5. The van der Waals surface area contributed by atoms with Crippen molar-refractivity contribution in [2.24, 2.45) is 0 Å². The molecule has 0 saturated heterocycles. The summed E-state index contributed by atoms with van der Waals surface area (Å²) in [6.45, 7) is 0. The zero-order valence-electron chi connectivity index (χ0n) is 29.8. The van der Waals surface area contributed by atoms with E-state index in [2.05, 4.69) is 235 Å². The van der Waals surface area contributed by atoms with Gasteiger partial charge >= 0.3 is 0 Å². The SMILES string of the molecule is c1ccc(P(Nc2ccc3ccccc3c2-c2c(N[P+](c3ccccc3)(c3ccccc3)c3ccccc3)ccc3ccccc23)c2ccccc2)cc1. The van der Waals surface area contributed by atoms with Crippen molar-refractivity contribution >= 4 is 74.9 Å². The average molecular weight is 730 g/mol. The van der Waals surface area contributed by atoms with Gasteiger partial charge in [-0.1, -0.05) is 176 Å². The van der Waals surface area contributed by atoms with E-state index in [9.17, 15) is 0 Å². The lowest BCUT2D eigenvalue weighted by Crippen LogP contribution is -2.36. The Kier molecular flexibility index (Phi) is 9.47. The molecule has 54 heavy (non-hydrogen) atoms. The molecule has 0 fully saturated rings. The topological polar surface area (TPSA) is 24.1 Å². The van der Waals surface area contributed by atoms with E-state index in [-0.39, 0.29) is 0 Å². The van der Waals surface area contributed by atoms with Crippen LogP contribution in [0.25, 0.3) is 32.7 Å². The first-order valence-electron chi connectivity index (χ1n) is 18.3. The predicted octanol–water partition coefficient (Wildman–Crippen LogP) is 11.4. The zero-order chi connectivity index (χ0) is 36.2. The van der Waals surface area contributed by atoms with Crippen LogP contribution in [0.4, 0.5) is 11.4 Å². The average Bonchev–Trinajstić information content (AvgIpc) is 3.26. The summed E-state index contributed by atoms with van der Waals surface area (Å²) in [5.41, 5.74) is 4.59. The number of rotatable bonds is 10. The van der Waals surface area contributed by atoms with E-state index in [4.69, 9.17) is 0 Å². The van der Waals surface area contributed by atoms with Gasteiger partial charge < -0.3 is 5.09 Å². The minimum atomic E-state index is -2.47. The molecule has 9 aromatic carbocycles. The molecule has 0 aromatic heterocycles. The minimum Gasteiger partial charge on any atom is -0.356 e. The molecule has 4 heteroatoms. The van der Waals surface area contributed by atoms with E-state index < -0.39 is 15.5 Å². The molecule has 0 unspecified atom stereocenters. The molecule has 2 nitrogen and oxygen atoms in total. The molecule has 258 valence electrons. The molecule has 9 aromatic rings. The predicted molar refractivity (Wildman–Crippen MR) is 238 cm³/mol. The van der Waals surface area contributed by atoms with E-state index in [0.717, 1.165) is 11.4 Å². The van der Waals surface area contributed by atoms with E-state index in [1.165, 1.54) is 59.2 Å². The molecule has 0 spiro atoms. The third-order valence-electron chi connectivity index (χ3n) is 10.1. The van der Waals surface area contributed by atoms with E-state index in [0.29, 0.717) is 0 Å². The fourth-order valence-corrected chi connectivity index (χ4v) is 13.2. The highest BCUT2D eigenvalue weighted by Gasteiger charge is 2.46. The second-order valence-electron chi connectivity index (χ2n) is 13.3. The Bertz CT molecular complexity index is 2510. The number of benzene rings is 9. The maximum Gasteiger partial charge on any atom is 0.199 e. The number of hydrogen-bond donors (Lipinski definition) is 2. The quantitative estimate of drug-likeness (QED) is 0.137. The Balaban J connectivity index is 1.34. The maximum atomic E-state index is 4.40. The van der Waals surface area contributed by atoms with Gasteiger partial charge in [0.25, 0.3) is 0 Å². The van der Waals surface area contributed by atoms with Crippen molar-refractivity contribution in [3.05, 3.63) is 224 Å². The molecule has 0 aliphatic rings.